The van der Waals surface area contributed by atoms with Crippen molar-refractivity contribution in [2.24, 2.45) is 0 Å². The molecule has 1 N–H and O–H groups in total. The molecule has 0 aliphatic carbocycles. The summed E-state index contributed by atoms with van der Waals surface area (Å²) in [6.45, 7) is 3.82. The molecule has 0 bridgehead atoms. The van der Waals surface area contributed by atoms with E-state index in [1.807, 2.05) is 17.0 Å². The second-order valence-electron chi connectivity index (χ2n) is 7.42. The molecule has 146 valence electrons. The van der Waals surface area contributed by atoms with Gasteiger partial charge in [-0.2, -0.15) is 0 Å². The number of amides is 2. The Balaban J connectivity index is 1.32. The van der Waals surface area contributed by atoms with Crippen LogP contribution in [0.5, 0.6) is 0 Å². The van der Waals surface area contributed by atoms with Crippen LogP contribution in [0.25, 0.3) is 0 Å². The van der Waals surface area contributed by atoms with Gasteiger partial charge in [0.25, 0.3) is 5.91 Å². The number of anilines is 1. The van der Waals surface area contributed by atoms with Gasteiger partial charge in [0.2, 0.25) is 5.91 Å². The molecule has 2 amide bonds. The molecule has 4 rings (SSSR count). The number of pyridine rings is 1. The Morgan fingerprint density at radius 1 is 1.04 bits per heavy atom. The Morgan fingerprint density at radius 2 is 1.89 bits per heavy atom. The minimum atomic E-state index is -0.160. The summed E-state index contributed by atoms with van der Waals surface area (Å²) >= 11 is 0. The summed E-state index contributed by atoms with van der Waals surface area (Å²) in [5.74, 6) is 0.903. The molecular weight excluding hydrogens is 352 g/mol. The van der Waals surface area contributed by atoms with Crippen molar-refractivity contribution >= 4 is 17.6 Å². The van der Waals surface area contributed by atoms with Crippen LogP contribution in [0.1, 0.15) is 40.9 Å². The summed E-state index contributed by atoms with van der Waals surface area (Å²) in [5, 5.41) is 2.93. The molecule has 1 aromatic carbocycles. The molecule has 2 aromatic rings. The Hall–Kier alpha value is -2.89. The average molecular weight is 378 g/mol. The van der Waals surface area contributed by atoms with Crippen molar-refractivity contribution in [1.82, 2.24) is 15.2 Å². The maximum Gasteiger partial charge on any atom is 0.269 e. The lowest BCUT2D eigenvalue weighted by molar-refractivity contribution is -0.127. The summed E-state index contributed by atoms with van der Waals surface area (Å²) in [7, 11) is 0. The van der Waals surface area contributed by atoms with Gasteiger partial charge in [-0.05, 0) is 42.5 Å². The van der Waals surface area contributed by atoms with Gasteiger partial charge in [-0.25, -0.2) is 4.98 Å². The first-order valence-electron chi connectivity index (χ1n) is 10.1. The lowest BCUT2D eigenvalue weighted by Gasteiger charge is -2.30. The Labute approximate surface area is 165 Å². The molecule has 1 fully saturated rings. The van der Waals surface area contributed by atoms with Crippen molar-refractivity contribution in [2.75, 3.05) is 31.1 Å². The van der Waals surface area contributed by atoms with E-state index in [0.29, 0.717) is 25.2 Å². The zero-order valence-corrected chi connectivity index (χ0v) is 16.1. The highest BCUT2D eigenvalue weighted by molar-refractivity contribution is 5.92. The van der Waals surface area contributed by atoms with Crippen LogP contribution in [-0.4, -0.2) is 47.9 Å². The third-order valence-electron chi connectivity index (χ3n) is 5.48. The quantitative estimate of drug-likeness (QED) is 0.784. The van der Waals surface area contributed by atoms with Crippen molar-refractivity contribution in [3.8, 4) is 0 Å². The van der Waals surface area contributed by atoms with E-state index in [4.69, 9.17) is 0 Å². The van der Waals surface area contributed by atoms with Gasteiger partial charge in [0.15, 0.2) is 0 Å². The second kappa shape index (κ2) is 8.42. The summed E-state index contributed by atoms with van der Waals surface area (Å²) in [5.41, 5.74) is 3.15. The third kappa shape index (κ3) is 4.16. The first-order chi connectivity index (χ1) is 13.7. The second-order valence-corrected chi connectivity index (χ2v) is 7.42. The highest BCUT2D eigenvalue weighted by Crippen LogP contribution is 2.23. The van der Waals surface area contributed by atoms with Crippen LogP contribution in [0, 0.1) is 0 Å². The number of nitrogens with one attached hydrogen (secondary N) is 1. The van der Waals surface area contributed by atoms with Crippen LogP contribution >= 0.6 is 0 Å². The average Bonchev–Trinajstić information content (AvgIpc) is 3.15. The minimum absolute atomic E-state index is 0.160. The van der Waals surface area contributed by atoms with Gasteiger partial charge in [0, 0.05) is 39.1 Å². The Morgan fingerprint density at radius 3 is 2.71 bits per heavy atom. The van der Waals surface area contributed by atoms with E-state index in [1.54, 1.807) is 6.07 Å². The number of likely N-dealkylation sites (tertiary alicyclic amines) is 1. The number of carbonyl (C=O) groups excluding carboxylic acids is 2. The normalized spacial score (nSPS) is 16.2. The SMILES string of the molecule is O=C(NCCCN1CCCC1=O)c1cccc(N2CCc3ccccc3C2)n1. The number of carbonyl (C=O) groups is 2. The van der Waals surface area contributed by atoms with Gasteiger partial charge in [-0.3, -0.25) is 9.59 Å². The number of benzene rings is 1. The number of rotatable bonds is 6. The smallest absolute Gasteiger partial charge is 0.269 e. The molecule has 3 heterocycles. The van der Waals surface area contributed by atoms with Gasteiger partial charge >= 0.3 is 0 Å². The predicted molar refractivity (Wildman–Crippen MR) is 108 cm³/mol. The first-order valence-corrected chi connectivity index (χ1v) is 10.1. The topological polar surface area (TPSA) is 65.5 Å². The molecular formula is C22H26N4O2. The lowest BCUT2D eigenvalue weighted by atomic mass is 10.00. The third-order valence-corrected chi connectivity index (χ3v) is 5.48. The van der Waals surface area contributed by atoms with Crippen molar-refractivity contribution in [3.05, 3.63) is 59.3 Å². The number of nitrogens with zero attached hydrogens (tertiary/aromatic N) is 3. The molecule has 0 saturated carbocycles. The lowest BCUT2D eigenvalue weighted by Crippen LogP contribution is -2.32. The van der Waals surface area contributed by atoms with Gasteiger partial charge < -0.3 is 15.1 Å². The minimum Gasteiger partial charge on any atom is -0.352 e. The van der Waals surface area contributed by atoms with Crippen LogP contribution in [0.15, 0.2) is 42.5 Å². The van der Waals surface area contributed by atoms with E-state index < -0.39 is 0 Å². The predicted octanol–water partition coefficient (Wildman–Crippen LogP) is 2.39. The van der Waals surface area contributed by atoms with E-state index in [1.165, 1.54) is 11.1 Å². The summed E-state index contributed by atoms with van der Waals surface area (Å²) in [4.78, 5) is 32.8. The summed E-state index contributed by atoms with van der Waals surface area (Å²) < 4.78 is 0. The molecule has 2 aliphatic rings. The van der Waals surface area contributed by atoms with E-state index in [-0.39, 0.29) is 11.8 Å². The van der Waals surface area contributed by atoms with Crippen LogP contribution in [-0.2, 0) is 17.8 Å². The fourth-order valence-corrected chi connectivity index (χ4v) is 3.92. The van der Waals surface area contributed by atoms with Crippen molar-refractivity contribution in [2.45, 2.75) is 32.2 Å². The molecule has 2 aliphatic heterocycles. The molecule has 0 radical (unpaired) electrons. The van der Waals surface area contributed by atoms with E-state index >= 15 is 0 Å². The van der Waals surface area contributed by atoms with E-state index in [2.05, 4.69) is 39.5 Å². The number of fused-ring (bicyclic) bond motifs is 1. The molecule has 6 nitrogen and oxygen atoms in total. The van der Waals surface area contributed by atoms with Crippen LogP contribution < -0.4 is 10.2 Å². The van der Waals surface area contributed by atoms with Gasteiger partial charge in [0.05, 0.1) is 0 Å². The standard InChI is InChI=1S/C22H26N4O2/c27-21-10-4-13-25(21)14-5-12-23-22(28)19-8-3-9-20(24-19)26-15-11-17-6-1-2-7-18(17)16-26/h1-3,6-9H,4-5,10-16H2,(H,23,28). The molecule has 1 saturated heterocycles. The highest BCUT2D eigenvalue weighted by Gasteiger charge is 2.20. The van der Waals surface area contributed by atoms with Crippen molar-refractivity contribution in [3.63, 3.8) is 0 Å². The molecule has 0 unspecified atom stereocenters. The Bertz CT molecular complexity index is 867. The molecule has 28 heavy (non-hydrogen) atoms. The van der Waals surface area contributed by atoms with E-state index in [0.717, 1.165) is 44.7 Å². The molecule has 0 spiro atoms. The number of aromatic nitrogens is 1. The largest absolute Gasteiger partial charge is 0.352 e. The van der Waals surface area contributed by atoms with Crippen LogP contribution in [0.2, 0.25) is 0 Å². The molecule has 1 aromatic heterocycles. The zero-order valence-electron chi connectivity index (χ0n) is 16.1. The Kier molecular flexibility index (Phi) is 5.55. The van der Waals surface area contributed by atoms with Crippen molar-refractivity contribution in [1.29, 1.82) is 0 Å². The first kappa shape index (κ1) is 18.5. The van der Waals surface area contributed by atoms with Gasteiger partial charge in [-0.1, -0.05) is 30.3 Å². The number of hydrogen-bond acceptors (Lipinski definition) is 4. The monoisotopic (exact) mass is 378 g/mol. The van der Waals surface area contributed by atoms with Crippen molar-refractivity contribution < 1.29 is 9.59 Å². The maximum absolute atomic E-state index is 12.5. The van der Waals surface area contributed by atoms with Gasteiger partial charge in [-0.15, -0.1) is 0 Å². The van der Waals surface area contributed by atoms with Crippen LogP contribution in [0.4, 0.5) is 5.82 Å². The maximum atomic E-state index is 12.5. The molecule has 6 heteroatoms. The fraction of sp³-hybridized carbons (Fsp3) is 0.409. The fourth-order valence-electron chi connectivity index (χ4n) is 3.92. The van der Waals surface area contributed by atoms with Gasteiger partial charge in [0.1, 0.15) is 11.5 Å². The summed E-state index contributed by atoms with van der Waals surface area (Å²) in [6, 6.07) is 14.1. The van der Waals surface area contributed by atoms with Crippen LogP contribution in [0.3, 0.4) is 0 Å². The number of hydrogen-bond donors (Lipinski definition) is 1. The highest BCUT2D eigenvalue weighted by atomic mass is 16.2. The summed E-state index contributed by atoms with van der Waals surface area (Å²) in [6.07, 6.45) is 3.36. The zero-order chi connectivity index (χ0) is 19.3. The molecule has 0 atom stereocenters. The van der Waals surface area contributed by atoms with E-state index in [9.17, 15) is 9.59 Å².